The third-order valence-electron chi connectivity index (χ3n) is 2.48. The van der Waals surface area contributed by atoms with Crippen LogP contribution in [0.1, 0.15) is 27.2 Å². The normalized spacial score (nSPS) is 20.2. The number of likely N-dealkylation sites (tertiary alicyclic amines) is 1. The van der Waals surface area contributed by atoms with Crippen LogP contribution < -0.4 is 5.32 Å². The SMILES string of the molecule is CC(C)(C)OC(=O)N1CC[C@H](CNC(=O)O)C1. The maximum Gasteiger partial charge on any atom is 0.410 e. The van der Waals surface area contributed by atoms with Crippen molar-refractivity contribution in [3.8, 4) is 0 Å². The van der Waals surface area contributed by atoms with E-state index >= 15 is 0 Å². The fraction of sp³-hybridized carbons (Fsp3) is 0.818. The quantitative estimate of drug-likeness (QED) is 0.771. The zero-order valence-corrected chi connectivity index (χ0v) is 10.5. The Morgan fingerprint density at radius 1 is 1.47 bits per heavy atom. The van der Waals surface area contributed by atoms with E-state index in [1.165, 1.54) is 0 Å². The molecule has 0 aromatic carbocycles. The first-order valence-corrected chi connectivity index (χ1v) is 5.72. The van der Waals surface area contributed by atoms with Gasteiger partial charge in [0.25, 0.3) is 0 Å². The van der Waals surface area contributed by atoms with Gasteiger partial charge in [-0.3, -0.25) is 0 Å². The zero-order chi connectivity index (χ0) is 13.1. The molecule has 1 aliphatic rings. The molecule has 0 aliphatic carbocycles. The van der Waals surface area contributed by atoms with Crippen LogP contribution in [0.4, 0.5) is 9.59 Å². The van der Waals surface area contributed by atoms with Crippen molar-refractivity contribution in [2.75, 3.05) is 19.6 Å². The molecule has 1 saturated heterocycles. The van der Waals surface area contributed by atoms with Crippen LogP contribution in [0, 0.1) is 5.92 Å². The molecular weight excluding hydrogens is 224 g/mol. The summed E-state index contributed by atoms with van der Waals surface area (Å²) in [7, 11) is 0. The summed E-state index contributed by atoms with van der Waals surface area (Å²) >= 11 is 0. The number of carbonyl (C=O) groups excluding carboxylic acids is 1. The number of nitrogens with zero attached hydrogens (tertiary/aromatic N) is 1. The van der Waals surface area contributed by atoms with Crippen molar-refractivity contribution in [1.29, 1.82) is 0 Å². The molecule has 0 radical (unpaired) electrons. The minimum absolute atomic E-state index is 0.179. The van der Waals surface area contributed by atoms with E-state index < -0.39 is 11.7 Å². The Hall–Kier alpha value is -1.46. The van der Waals surface area contributed by atoms with Gasteiger partial charge in [0, 0.05) is 19.6 Å². The number of carboxylic acid groups (broad SMARTS) is 1. The molecule has 1 heterocycles. The largest absolute Gasteiger partial charge is 0.465 e. The van der Waals surface area contributed by atoms with Crippen LogP contribution in [0.25, 0.3) is 0 Å². The molecule has 1 aliphatic heterocycles. The lowest BCUT2D eigenvalue weighted by Crippen LogP contribution is -2.36. The number of rotatable bonds is 2. The van der Waals surface area contributed by atoms with Crippen LogP contribution in [0.3, 0.4) is 0 Å². The predicted octanol–water partition coefficient (Wildman–Crippen LogP) is 1.51. The van der Waals surface area contributed by atoms with Crippen LogP contribution in [-0.2, 0) is 4.74 Å². The fourth-order valence-corrected chi connectivity index (χ4v) is 1.72. The van der Waals surface area contributed by atoms with Crippen molar-refractivity contribution in [3.05, 3.63) is 0 Å². The minimum Gasteiger partial charge on any atom is -0.465 e. The Labute approximate surface area is 101 Å². The van der Waals surface area contributed by atoms with Gasteiger partial charge in [0.05, 0.1) is 0 Å². The van der Waals surface area contributed by atoms with Crippen molar-refractivity contribution in [1.82, 2.24) is 10.2 Å². The highest BCUT2D eigenvalue weighted by atomic mass is 16.6. The minimum atomic E-state index is -1.03. The van der Waals surface area contributed by atoms with E-state index in [4.69, 9.17) is 9.84 Å². The smallest absolute Gasteiger partial charge is 0.410 e. The predicted molar refractivity (Wildman–Crippen MR) is 61.9 cm³/mol. The monoisotopic (exact) mass is 244 g/mol. The highest BCUT2D eigenvalue weighted by Crippen LogP contribution is 2.18. The zero-order valence-electron chi connectivity index (χ0n) is 10.5. The molecule has 0 spiro atoms. The summed E-state index contributed by atoms with van der Waals surface area (Å²) in [6, 6.07) is 0. The Balaban J connectivity index is 2.34. The third-order valence-corrected chi connectivity index (χ3v) is 2.48. The summed E-state index contributed by atoms with van der Waals surface area (Å²) in [5.41, 5.74) is -0.492. The standard InChI is InChI=1S/C11H20N2O4/c1-11(2,3)17-10(16)13-5-4-8(7-13)6-12-9(14)15/h8,12H,4-7H2,1-3H3,(H,14,15)/t8-/m1/s1. The van der Waals surface area contributed by atoms with Crippen LogP contribution in [0.15, 0.2) is 0 Å². The molecular formula is C11H20N2O4. The molecule has 2 amide bonds. The summed E-state index contributed by atoms with van der Waals surface area (Å²) < 4.78 is 5.25. The van der Waals surface area contributed by atoms with Crippen LogP contribution in [-0.4, -0.2) is 47.4 Å². The second-order valence-corrected chi connectivity index (χ2v) is 5.27. The van der Waals surface area contributed by atoms with E-state index in [-0.39, 0.29) is 12.0 Å². The van der Waals surface area contributed by atoms with Crippen molar-refractivity contribution < 1.29 is 19.4 Å². The molecule has 2 N–H and O–H groups in total. The molecule has 17 heavy (non-hydrogen) atoms. The Bertz CT molecular complexity index is 298. The van der Waals surface area contributed by atoms with E-state index in [2.05, 4.69) is 5.32 Å². The number of carbonyl (C=O) groups is 2. The summed E-state index contributed by atoms with van der Waals surface area (Å²) in [6.45, 7) is 7.03. The summed E-state index contributed by atoms with van der Waals surface area (Å²) in [6.07, 6.45) is -0.546. The first kappa shape index (κ1) is 13.6. The molecule has 6 heteroatoms. The highest BCUT2D eigenvalue weighted by molar-refractivity contribution is 5.68. The molecule has 98 valence electrons. The lowest BCUT2D eigenvalue weighted by Gasteiger charge is -2.24. The summed E-state index contributed by atoms with van der Waals surface area (Å²) in [5, 5.41) is 10.8. The first-order valence-electron chi connectivity index (χ1n) is 5.72. The van der Waals surface area contributed by atoms with Gasteiger partial charge in [-0.15, -0.1) is 0 Å². The Morgan fingerprint density at radius 3 is 2.65 bits per heavy atom. The summed E-state index contributed by atoms with van der Waals surface area (Å²) in [5.74, 6) is 0.179. The summed E-state index contributed by atoms with van der Waals surface area (Å²) in [4.78, 5) is 23.7. The lowest BCUT2D eigenvalue weighted by atomic mass is 10.1. The lowest BCUT2D eigenvalue weighted by molar-refractivity contribution is 0.0288. The molecule has 1 rings (SSSR count). The Kier molecular flexibility index (Phi) is 4.20. The van der Waals surface area contributed by atoms with Crippen LogP contribution in [0.5, 0.6) is 0 Å². The molecule has 1 atom stereocenters. The molecule has 0 unspecified atom stereocenters. The van der Waals surface area contributed by atoms with E-state index in [1.807, 2.05) is 20.8 Å². The maximum absolute atomic E-state index is 11.7. The van der Waals surface area contributed by atoms with Gasteiger partial charge in [-0.1, -0.05) is 0 Å². The van der Waals surface area contributed by atoms with Crippen molar-refractivity contribution in [2.45, 2.75) is 32.8 Å². The molecule has 1 fully saturated rings. The van der Waals surface area contributed by atoms with E-state index in [1.54, 1.807) is 4.90 Å². The Morgan fingerprint density at radius 2 is 2.12 bits per heavy atom. The van der Waals surface area contributed by atoms with Crippen molar-refractivity contribution in [3.63, 3.8) is 0 Å². The van der Waals surface area contributed by atoms with Gasteiger partial charge in [0.15, 0.2) is 0 Å². The van der Waals surface area contributed by atoms with Gasteiger partial charge in [-0.05, 0) is 33.1 Å². The van der Waals surface area contributed by atoms with Gasteiger partial charge in [0.1, 0.15) is 5.60 Å². The molecule has 0 aromatic rings. The highest BCUT2D eigenvalue weighted by Gasteiger charge is 2.29. The third kappa shape index (κ3) is 4.93. The fourth-order valence-electron chi connectivity index (χ4n) is 1.72. The second kappa shape index (κ2) is 5.25. The van der Waals surface area contributed by atoms with Crippen LogP contribution in [0.2, 0.25) is 0 Å². The van der Waals surface area contributed by atoms with Crippen LogP contribution >= 0.6 is 0 Å². The average Bonchev–Trinajstić information content (AvgIpc) is 2.60. The first-order chi connectivity index (χ1) is 7.78. The van der Waals surface area contributed by atoms with Gasteiger partial charge in [-0.25, -0.2) is 9.59 Å². The van der Waals surface area contributed by atoms with Gasteiger partial charge < -0.3 is 20.1 Å². The molecule has 0 saturated carbocycles. The topological polar surface area (TPSA) is 78.9 Å². The maximum atomic E-state index is 11.7. The van der Waals surface area contributed by atoms with Crippen molar-refractivity contribution >= 4 is 12.2 Å². The second-order valence-electron chi connectivity index (χ2n) is 5.27. The van der Waals surface area contributed by atoms with Gasteiger partial charge >= 0.3 is 12.2 Å². The average molecular weight is 244 g/mol. The van der Waals surface area contributed by atoms with Gasteiger partial charge in [0.2, 0.25) is 0 Å². The molecule has 6 nitrogen and oxygen atoms in total. The number of hydrogen-bond acceptors (Lipinski definition) is 3. The van der Waals surface area contributed by atoms with E-state index in [9.17, 15) is 9.59 Å². The number of amides is 2. The van der Waals surface area contributed by atoms with Crippen molar-refractivity contribution in [2.24, 2.45) is 5.92 Å². The van der Waals surface area contributed by atoms with Gasteiger partial charge in [-0.2, -0.15) is 0 Å². The number of nitrogens with one attached hydrogen (secondary N) is 1. The number of hydrogen-bond donors (Lipinski definition) is 2. The number of ether oxygens (including phenoxy) is 1. The molecule has 0 bridgehead atoms. The molecule has 0 aromatic heterocycles. The van der Waals surface area contributed by atoms with E-state index in [0.717, 1.165) is 6.42 Å². The van der Waals surface area contributed by atoms with E-state index in [0.29, 0.717) is 19.6 Å².